The Bertz CT molecular complexity index is 196. The van der Waals surface area contributed by atoms with Crippen LogP contribution in [0.2, 0.25) is 0 Å². The average molecular weight is 212 g/mol. The van der Waals surface area contributed by atoms with E-state index in [-0.39, 0.29) is 0 Å². The second kappa shape index (κ2) is 13.3. The lowest BCUT2D eigenvalue weighted by Crippen LogP contribution is -1.67. The van der Waals surface area contributed by atoms with Crippen LogP contribution in [0, 0.1) is 6.92 Å². The minimum absolute atomic E-state index is 0.994. The van der Waals surface area contributed by atoms with Crippen molar-refractivity contribution in [3.63, 3.8) is 0 Å². The summed E-state index contributed by atoms with van der Waals surface area (Å²) in [4.78, 5) is 0. The van der Waals surface area contributed by atoms with Crippen LogP contribution >= 0.6 is 0 Å². The van der Waals surface area contributed by atoms with Crippen molar-refractivity contribution in [2.45, 2.75) is 67.2 Å². The van der Waals surface area contributed by atoms with Crippen LogP contribution in [0.1, 0.15) is 65.4 Å². The van der Waals surface area contributed by atoms with Gasteiger partial charge in [0.15, 0.2) is 0 Å². The number of hydrogen-bond donors (Lipinski definition) is 0. The molecule has 90 valence electrons. The summed E-state index contributed by atoms with van der Waals surface area (Å²) in [6, 6.07) is 3.99. The van der Waals surface area contributed by atoms with Gasteiger partial charge in [-0.1, -0.05) is 53.9 Å². The van der Waals surface area contributed by atoms with Crippen LogP contribution in [-0.4, -0.2) is 0 Å². The molecule has 0 aliphatic heterocycles. The smallest absolute Gasteiger partial charge is 0.103 e. The fourth-order valence-electron chi connectivity index (χ4n) is 0.675. The van der Waals surface area contributed by atoms with Crippen LogP contribution < -0.4 is 0 Å². The van der Waals surface area contributed by atoms with E-state index in [0.717, 1.165) is 17.9 Å². The van der Waals surface area contributed by atoms with Crippen LogP contribution in [0.3, 0.4) is 0 Å². The number of rotatable bonds is 1. The minimum atomic E-state index is 0.994. The third-order valence-electron chi connectivity index (χ3n) is 1.50. The maximum atomic E-state index is 5.23. The van der Waals surface area contributed by atoms with Crippen molar-refractivity contribution in [1.82, 2.24) is 0 Å². The molecule has 0 atom stereocenters. The molecule has 1 heteroatoms. The van der Waals surface area contributed by atoms with Crippen molar-refractivity contribution in [3.05, 3.63) is 23.7 Å². The van der Waals surface area contributed by atoms with Crippen molar-refractivity contribution in [1.29, 1.82) is 0 Å². The Morgan fingerprint density at radius 3 is 1.60 bits per heavy atom. The fraction of sp³-hybridized carbons (Fsp3) is 0.714. The molecule has 0 N–H and O–H groups in total. The lowest BCUT2D eigenvalue weighted by atomic mass is 10.4. The van der Waals surface area contributed by atoms with Gasteiger partial charge < -0.3 is 4.42 Å². The summed E-state index contributed by atoms with van der Waals surface area (Å²) in [5.74, 6) is 2.07. The molecule has 0 amide bonds. The van der Waals surface area contributed by atoms with Crippen molar-refractivity contribution in [2.75, 3.05) is 0 Å². The third-order valence-corrected chi connectivity index (χ3v) is 1.50. The van der Waals surface area contributed by atoms with Gasteiger partial charge in [-0.2, -0.15) is 0 Å². The van der Waals surface area contributed by atoms with E-state index >= 15 is 0 Å². The van der Waals surface area contributed by atoms with E-state index in [1.165, 1.54) is 19.3 Å². The fourth-order valence-corrected chi connectivity index (χ4v) is 0.675. The molecule has 15 heavy (non-hydrogen) atoms. The van der Waals surface area contributed by atoms with Crippen LogP contribution in [0.4, 0.5) is 0 Å². The molecular weight excluding hydrogens is 184 g/mol. The van der Waals surface area contributed by atoms with E-state index in [2.05, 4.69) is 6.92 Å². The maximum Gasteiger partial charge on any atom is 0.103 e. The molecule has 1 aliphatic rings. The van der Waals surface area contributed by atoms with Crippen molar-refractivity contribution >= 4 is 0 Å². The predicted octanol–water partition coefficient (Wildman–Crippen LogP) is 5.37. The molecule has 1 saturated carbocycles. The Morgan fingerprint density at radius 1 is 1.00 bits per heavy atom. The van der Waals surface area contributed by atoms with Crippen LogP contribution in [0.15, 0.2) is 16.5 Å². The second-order valence-electron chi connectivity index (χ2n) is 2.93. The Hall–Kier alpha value is -0.720. The summed E-state index contributed by atoms with van der Waals surface area (Å²) in [5, 5.41) is 0. The highest BCUT2D eigenvalue weighted by atomic mass is 16.3. The van der Waals surface area contributed by atoms with Gasteiger partial charge in [-0.05, 0) is 19.1 Å². The molecule has 0 saturated heterocycles. The normalized spacial score (nSPS) is 10.8. The molecule has 1 fully saturated rings. The molecule has 0 bridgehead atoms. The topological polar surface area (TPSA) is 13.1 Å². The van der Waals surface area contributed by atoms with Crippen LogP contribution in [0.5, 0.6) is 0 Å². The van der Waals surface area contributed by atoms with E-state index in [0.29, 0.717) is 0 Å². The van der Waals surface area contributed by atoms with E-state index in [4.69, 9.17) is 4.42 Å². The van der Waals surface area contributed by atoms with Gasteiger partial charge in [0.05, 0.1) is 0 Å². The van der Waals surface area contributed by atoms with E-state index in [1.54, 1.807) is 0 Å². The zero-order valence-corrected chi connectivity index (χ0v) is 11.4. The number of furan rings is 1. The molecule has 2 rings (SSSR count). The van der Waals surface area contributed by atoms with Crippen LogP contribution in [0.25, 0.3) is 0 Å². The molecule has 1 nitrogen and oxygen atoms in total. The van der Waals surface area contributed by atoms with Gasteiger partial charge in [-0.3, -0.25) is 0 Å². The molecule has 1 heterocycles. The lowest BCUT2D eigenvalue weighted by molar-refractivity contribution is 0.489. The number of aryl methyl sites for hydroxylation is 2. The summed E-state index contributed by atoms with van der Waals surface area (Å²) in [6.45, 7) is 12.0. The standard InChI is InChI=1S/C7H10O.C3H6.2C2H6/c1-3-7-5-4-6(2)8-7;1-2-3-1;2*1-2/h4-5H,3H2,1-2H3;1-3H2;2*1-2H3. The Kier molecular flexibility index (Phi) is 14.8. The van der Waals surface area contributed by atoms with Crippen molar-refractivity contribution < 1.29 is 4.42 Å². The number of hydrogen-bond acceptors (Lipinski definition) is 1. The van der Waals surface area contributed by atoms with E-state index in [9.17, 15) is 0 Å². The highest BCUT2D eigenvalue weighted by molar-refractivity contribution is 5.04. The molecule has 1 aromatic heterocycles. The Morgan fingerprint density at radius 2 is 1.47 bits per heavy atom. The first-order chi connectivity index (χ1) is 7.33. The molecule has 1 aromatic rings. The summed E-state index contributed by atoms with van der Waals surface area (Å²) in [7, 11) is 0. The predicted molar refractivity (Wildman–Crippen MR) is 69.4 cm³/mol. The van der Waals surface area contributed by atoms with Crippen molar-refractivity contribution in [3.8, 4) is 0 Å². The lowest BCUT2D eigenvalue weighted by Gasteiger charge is -1.83. The summed E-state index contributed by atoms with van der Waals surface area (Å²) >= 11 is 0. The van der Waals surface area contributed by atoms with Gasteiger partial charge in [-0.15, -0.1) is 0 Å². The molecule has 0 spiro atoms. The maximum absolute atomic E-state index is 5.23. The average Bonchev–Trinajstić information content (AvgIpc) is 3.14. The summed E-state index contributed by atoms with van der Waals surface area (Å²) in [5.41, 5.74) is 0. The quantitative estimate of drug-likeness (QED) is 0.609. The highest BCUT2D eigenvalue weighted by Crippen LogP contribution is 2.14. The first-order valence-corrected chi connectivity index (χ1v) is 6.38. The van der Waals surface area contributed by atoms with Crippen molar-refractivity contribution in [2.24, 2.45) is 0 Å². The zero-order chi connectivity index (χ0) is 12.1. The first-order valence-electron chi connectivity index (χ1n) is 6.38. The molecule has 1 aliphatic carbocycles. The van der Waals surface area contributed by atoms with E-state index < -0.39 is 0 Å². The molecule has 0 unspecified atom stereocenters. The summed E-state index contributed by atoms with van der Waals surface area (Å²) < 4.78 is 5.23. The van der Waals surface area contributed by atoms with Gasteiger partial charge in [0.25, 0.3) is 0 Å². The van der Waals surface area contributed by atoms with E-state index in [1.807, 2.05) is 46.8 Å². The van der Waals surface area contributed by atoms with Gasteiger partial charge in [0.2, 0.25) is 0 Å². The Balaban J connectivity index is 0. The minimum Gasteiger partial charge on any atom is -0.466 e. The van der Waals surface area contributed by atoms with Crippen LogP contribution in [-0.2, 0) is 6.42 Å². The van der Waals surface area contributed by atoms with Gasteiger partial charge in [0.1, 0.15) is 11.5 Å². The molecule has 0 radical (unpaired) electrons. The molecule has 0 aromatic carbocycles. The SMILES string of the molecule is C1CC1.CC.CC.CCc1ccc(C)o1. The Labute approximate surface area is 95.9 Å². The summed E-state index contributed by atoms with van der Waals surface area (Å²) in [6.07, 6.45) is 5.49. The largest absolute Gasteiger partial charge is 0.466 e. The van der Waals surface area contributed by atoms with Gasteiger partial charge >= 0.3 is 0 Å². The van der Waals surface area contributed by atoms with Gasteiger partial charge in [0, 0.05) is 6.42 Å². The second-order valence-corrected chi connectivity index (χ2v) is 2.93. The first kappa shape index (κ1) is 16.7. The monoisotopic (exact) mass is 212 g/mol. The third kappa shape index (κ3) is 13.3. The highest BCUT2D eigenvalue weighted by Gasteiger charge is 1.95. The molecular formula is C14H28O. The zero-order valence-electron chi connectivity index (χ0n) is 11.4. The van der Waals surface area contributed by atoms with Gasteiger partial charge in [-0.25, -0.2) is 0 Å².